The van der Waals surface area contributed by atoms with Crippen molar-refractivity contribution in [1.82, 2.24) is 14.9 Å². The smallest absolute Gasteiger partial charge is 0.254 e. The summed E-state index contributed by atoms with van der Waals surface area (Å²) in [5, 5.41) is 1.30. The van der Waals surface area contributed by atoms with Gasteiger partial charge < -0.3 is 4.98 Å². The number of halogens is 2. The molecule has 2 aromatic rings. The first kappa shape index (κ1) is 15.2. The molecule has 0 saturated heterocycles. The molecular formula is C17H17Cl2N3O. The lowest BCUT2D eigenvalue weighted by Gasteiger charge is -2.27. The Morgan fingerprint density at radius 2 is 1.96 bits per heavy atom. The molecule has 4 nitrogen and oxygen atoms in total. The highest BCUT2D eigenvalue weighted by Crippen LogP contribution is 2.37. The van der Waals surface area contributed by atoms with Crippen molar-refractivity contribution in [1.29, 1.82) is 0 Å². The van der Waals surface area contributed by atoms with Crippen LogP contribution in [0.2, 0.25) is 10.0 Å². The molecule has 0 unspecified atom stereocenters. The zero-order valence-corrected chi connectivity index (χ0v) is 14.1. The van der Waals surface area contributed by atoms with Crippen molar-refractivity contribution in [2.75, 3.05) is 6.54 Å². The fraction of sp³-hybridized carbons (Fsp3) is 0.412. The van der Waals surface area contributed by atoms with Crippen molar-refractivity contribution < 1.29 is 0 Å². The summed E-state index contributed by atoms with van der Waals surface area (Å²) < 4.78 is 0. The molecule has 0 amide bonds. The Morgan fingerprint density at radius 1 is 1.22 bits per heavy atom. The fourth-order valence-electron chi connectivity index (χ4n) is 3.16. The van der Waals surface area contributed by atoms with Gasteiger partial charge in [-0.3, -0.25) is 9.69 Å². The number of aromatic amines is 1. The van der Waals surface area contributed by atoms with Crippen LogP contribution in [-0.4, -0.2) is 21.4 Å². The van der Waals surface area contributed by atoms with Crippen LogP contribution < -0.4 is 5.56 Å². The predicted octanol–water partition coefficient (Wildman–Crippen LogP) is 3.51. The Bertz CT molecular complexity index is 794. The summed E-state index contributed by atoms with van der Waals surface area (Å²) >= 11 is 12.1. The summed E-state index contributed by atoms with van der Waals surface area (Å²) in [6.45, 7) is 2.29. The molecule has 120 valence electrons. The molecule has 1 N–H and O–H groups in total. The van der Waals surface area contributed by atoms with Gasteiger partial charge >= 0.3 is 0 Å². The number of hydrogen-bond donors (Lipinski definition) is 1. The van der Waals surface area contributed by atoms with E-state index in [9.17, 15) is 4.79 Å². The van der Waals surface area contributed by atoms with E-state index in [-0.39, 0.29) is 5.56 Å². The monoisotopic (exact) mass is 349 g/mol. The maximum Gasteiger partial charge on any atom is 0.254 e. The highest BCUT2D eigenvalue weighted by Gasteiger charge is 2.29. The van der Waals surface area contributed by atoms with Gasteiger partial charge in [0, 0.05) is 41.2 Å². The number of nitrogens with zero attached hydrogens (tertiary/aromatic N) is 2. The van der Waals surface area contributed by atoms with Gasteiger partial charge in [-0.15, -0.1) is 0 Å². The molecule has 2 aliphatic rings. The number of H-pyrrole nitrogens is 1. The third kappa shape index (κ3) is 3.30. The standard InChI is InChI=1S/C17H17Cl2N3O/c18-12-5-10(6-13(19)7-12)8-22-4-3-14-15(9-22)20-16(11-1-2-11)21-17(14)23/h5-7,11H,1-4,8-9H2,(H,20,21,23). The van der Waals surface area contributed by atoms with Crippen LogP contribution in [0.1, 0.15) is 41.4 Å². The van der Waals surface area contributed by atoms with Gasteiger partial charge in [0.05, 0.1) is 5.69 Å². The molecule has 2 heterocycles. The third-order valence-electron chi connectivity index (χ3n) is 4.46. The SMILES string of the molecule is O=c1[nH]c(C2CC2)nc2c1CCN(Cc1cc(Cl)cc(Cl)c1)C2. The molecule has 1 saturated carbocycles. The van der Waals surface area contributed by atoms with Crippen LogP contribution in [0.4, 0.5) is 0 Å². The molecule has 1 aliphatic heterocycles. The normalized spacial score (nSPS) is 18.0. The second-order valence-corrected chi connectivity index (χ2v) is 7.26. The molecule has 0 atom stereocenters. The van der Waals surface area contributed by atoms with E-state index in [2.05, 4.69) is 9.88 Å². The van der Waals surface area contributed by atoms with Crippen molar-refractivity contribution >= 4 is 23.2 Å². The van der Waals surface area contributed by atoms with Gasteiger partial charge in [-0.1, -0.05) is 23.2 Å². The summed E-state index contributed by atoms with van der Waals surface area (Å²) in [6, 6.07) is 5.61. The van der Waals surface area contributed by atoms with Crippen LogP contribution in [0.25, 0.3) is 0 Å². The van der Waals surface area contributed by atoms with Crippen molar-refractivity contribution in [2.24, 2.45) is 0 Å². The fourth-order valence-corrected chi connectivity index (χ4v) is 3.73. The minimum absolute atomic E-state index is 0.0438. The summed E-state index contributed by atoms with van der Waals surface area (Å²) in [5.74, 6) is 1.32. The van der Waals surface area contributed by atoms with E-state index in [1.165, 1.54) is 0 Å². The Balaban J connectivity index is 1.57. The zero-order valence-electron chi connectivity index (χ0n) is 12.6. The van der Waals surface area contributed by atoms with Gasteiger partial charge in [-0.05, 0) is 43.0 Å². The van der Waals surface area contributed by atoms with Crippen LogP contribution in [0.5, 0.6) is 0 Å². The van der Waals surface area contributed by atoms with E-state index in [0.29, 0.717) is 22.5 Å². The molecule has 1 aliphatic carbocycles. The van der Waals surface area contributed by atoms with Crippen LogP contribution in [0.15, 0.2) is 23.0 Å². The van der Waals surface area contributed by atoms with E-state index in [1.807, 2.05) is 12.1 Å². The number of benzene rings is 1. The van der Waals surface area contributed by atoms with Gasteiger partial charge in [-0.2, -0.15) is 0 Å². The molecule has 0 bridgehead atoms. The Labute approximate surface area is 144 Å². The quantitative estimate of drug-likeness (QED) is 0.922. The molecule has 1 aromatic heterocycles. The molecule has 1 fully saturated rings. The number of aromatic nitrogens is 2. The molecule has 1 aromatic carbocycles. The second-order valence-electron chi connectivity index (χ2n) is 6.39. The van der Waals surface area contributed by atoms with Crippen molar-refractivity contribution in [2.45, 2.75) is 38.3 Å². The second kappa shape index (κ2) is 5.93. The Morgan fingerprint density at radius 3 is 2.65 bits per heavy atom. The topological polar surface area (TPSA) is 49.0 Å². The highest BCUT2D eigenvalue weighted by molar-refractivity contribution is 6.34. The summed E-state index contributed by atoms with van der Waals surface area (Å²) in [7, 11) is 0. The zero-order chi connectivity index (χ0) is 16.0. The van der Waals surface area contributed by atoms with Crippen molar-refractivity contribution in [3.8, 4) is 0 Å². The molecule has 4 rings (SSSR count). The highest BCUT2D eigenvalue weighted by atomic mass is 35.5. The van der Waals surface area contributed by atoms with E-state index in [0.717, 1.165) is 55.0 Å². The minimum atomic E-state index is 0.0438. The lowest BCUT2D eigenvalue weighted by molar-refractivity contribution is 0.240. The molecule has 6 heteroatoms. The Kier molecular flexibility index (Phi) is 3.92. The average molecular weight is 350 g/mol. The molecular weight excluding hydrogens is 333 g/mol. The first-order valence-corrected chi connectivity index (χ1v) is 8.63. The van der Waals surface area contributed by atoms with E-state index < -0.39 is 0 Å². The first-order valence-electron chi connectivity index (χ1n) is 7.88. The number of nitrogens with one attached hydrogen (secondary N) is 1. The number of rotatable bonds is 3. The number of hydrogen-bond acceptors (Lipinski definition) is 3. The maximum atomic E-state index is 12.2. The summed E-state index contributed by atoms with van der Waals surface area (Å²) in [4.78, 5) is 22.2. The summed E-state index contributed by atoms with van der Waals surface area (Å²) in [6.07, 6.45) is 3.00. The molecule has 23 heavy (non-hydrogen) atoms. The van der Waals surface area contributed by atoms with Gasteiger partial charge in [0.1, 0.15) is 5.82 Å². The molecule has 0 spiro atoms. The average Bonchev–Trinajstić information content (AvgIpc) is 3.30. The van der Waals surface area contributed by atoms with E-state index in [4.69, 9.17) is 28.2 Å². The number of fused-ring (bicyclic) bond motifs is 1. The van der Waals surface area contributed by atoms with Crippen molar-refractivity contribution in [3.05, 3.63) is 61.2 Å². The van der Waals surface area contributed by atoms with E-state index >= 15 is 0 Å². The van der Waals surface area contributed by atoms with Crippen LogP contribution >= 0.6 is 23.2 Å². The Hall–Kier alpha value is -1.36. The van der Waals surface area contributed by atoms with Crippen LogP contribution in [0, 0.1) is 0 Å². The maximum absolute atomic E-state index is 12.2. The lowest BCUT2D eigenvalue weighted by atomic mass is 10.1. The van der Waals surface area contributed by atoms with Crippen LogP contribution in [-0.2, 0) is 19.5 Å². The minimum Gasteiger partial charge on any atom is -0.310 e. The first-order chi connectivity index (χ1) is 11.1. The third-order valence-corrected chi connectivity index (χ3v) is 4.90. The van der Waals surface area contributed by atoms with Gasteiger partial charge in [0.2, 0.25) is 0 Å². The largest absolute Gasteiger partial charge is 0.310 e. The van der Waals surface area contributed by atoms with E-state index in [1.54, 1.807) is 6.07 Å². The van der Waals surface area contributed by atoms with Gasteiger partial charge in [-0.25, -0.2) is 4.98 Å². The van der Waals surface area contributed by atoms with Crippen molar-refractivity contribution in [3.63, 3.8) is 0 Å². The van der Waals surface area contributed by atoms with Crippen LogP contribution in [0.3, 0.4) is 0 Å². The summed E-state index contributed by atoms with van der Waals surface area (Å²) in [5.41, 5.74) is 2.89. The molecule has 0 radical (unpaired) electrons. The predicted molar refractivity (Wildman–Crippen MR) is 91.1 cm³/mol. The van der Waals surface area contributed by atoms with Gasteiger partial charge in [0.15, 0.2) is 0 Å². The van der Waals surface area contributed by atoms with Gasteiger partial charge in [0.25, 0.3) is 5.56 Å². The lowest BCUT2D eigenvalue weighted by Crippen LogP contribution is -2.35.